The van der Waals surface area contributed by atoms with Crippen molar-refractivity contribution in [3.63, 3.8) is 0 Å². The van der Waals surface area contributed by atoms with Crippen molar-refractivity contribution in [2.24, 2.45) is 0 Å². The number of likely N-dealkylation sites (tertiary alicyclic amines) is 1. The highest BCUT2D eigenvalue weighted by atomic mass is 16.5. The predicted octanol–water partition coefficient (Wildman–Crippen LogP) is 3.76. The van der Waals surface area contributed by atoms with Crippen LogP contribution >= 0.6 is 0 Å². The van der Waals surface area contributed by atoms with Crippen molar-refractivity contribution in [3.05, 3.63) is 54.1 Å². The molecule has 0 bridgehead atoms. The highest BCUT2D eigenvalue weighted by molar-refractivity contribution is 5.96. The van der Waals surface area contributed by atoms with Crippen molar-refractivity contribution in [2.75, 3.05) is 36.9 Å². The van der Waals surface area contributed by atoms with Gasteiger partial charge in [-0.1, -0.05) is 13.0 Å². The van der Waals surface area contributed by atoms with Gasteiger partial charge in [-0.2, -0.15) is 0 Å². The van der Waals surface area contributed by atoms with Crippen LogP contribution in [0.2, 0.25) is 0 Å². The van der Waals surface area contributed by atoms with Gasteiger partial charge in [-0.3, -0.25) is 9.59 Å². The molecule has 28 heavy (non-hydrogen) atoms. The summed E-state index contributed by atoms with van der Waals surface area (Å²) < 4.78 is 5.53. The van der Waals surface area contributed by atoms with Gasteiger partial charge in [0.2, 0.25) is 5.91 Å². The van der Waals surface area contributed by atoms with E-state index in [0.717, 1.165) is 43.8 Å². The zero-order valence-corrected chi connectivity index (χ0v) is 16.2. The van der Waals surface area contributed by atoms with Crippen molar-refractivity contribution >= 4 is 23.2 Å². The van der Waals surface area contributed by atoms with E-state index in [2.05, 4.69) is 17.6 Å². The molecule has 0 atom stereocenters. The highest BCUT2D eigenvalue weighted by Gasteiger charge is 2.19. The van der Waals surface area contributed by atoms with Gasteiger partial charge in [0.05, 0.1) is 13.2 Å². The lowest BCUT2D eigenvalue weighted by Crippen LogP contribution is -2.27. The molecule has 0 aliphatic carbocycles. The van der Waals surface area contributed by atoms with Crippen molar-refractivity contribution in [1.82, 2.24) is 4.90 Å². The molecule has 2 amide bonds. The lowest BCUT2D eigenvalue weighted by molar-refractivity contribution is -0.114. The van der Waals surface area contributed by atoms with Gasteiger partial charge < -0.3 is 20.3 Å². The first-order chi connectivity index (χ1) is 13.7. The first-order valence-corrected chi connectivity index (χ1v) is 9.81. The van der Waals surface area contributed by atoms with Crippen LogP contribution in [0.4, 0.5) is 11.4 Å². The van der Waals surface area contributed by atoms with Gasteiger partial charge in [0.1, 0.15) is 5.75 Å². The molecule has 2 aromatic carbocycles. The molecule has 6 heteroatoms. The largest absolute Gasteiger partial charge is 0.494 e. The summed E-state index contributed by atoms with van der Waals surface area (Å²) in [6.45, 7) is 4.49. The number of anilines is 2. The molecule has 1 heterocycles. The van der Waals surface area contributed by atoms with E-state index < -0.39 is 0 Å². The molecule has 1 aliphatic heterocycles. The number of hydrogen-bond acceptors (Lipinski definition) is 4. The van der Waals surface area contributed by atoms with Gasteiger partial charge in [0.15, 0.2) is 0 Å². The molecule has 148 valence electrons. The summed E-state index contributed by atoms with van der Waals surface area (Å²) in [5, 5.41) is 5.93. The Morgan fingerprint density at radius 3 is 2.50 bits per heavy atom. The zero-order chi connectivity index (χ0) is 19.8. The van der Waals surface area contributed by atoms with Crippen LogP contribution in [-0.2, 0) is 4.79 Å². The summed E-state index contributed by atoms with van der Waals surface area (Å²) >= 11 is 0. The van der Waals surface area contributed by atoms with Gasteiger partial charge in [-0.05, 0) is 61.7 Å². The van der Waals surface area contributed by atoms with E-state index in [-0.39, 0.29) is 18.4 Å². The maximum Gasteiger partial charge on any atom is 0.253 e. The van der Waals surface area contributed by atoms with Crippen LogP contribution in [0.15, 0.2) is 48.5 Å². The molecule has 3 rings (SSSR count). The number of ether oxygens (including phenoxy) is 1. The Balaban J connectivity index is 1.50. The minimum absolute atomic E-state index is 0.0518. The molecular weight excluding hydrogens is 354 g/mol. The minimum atomic E-state index is -0.154. The Bertz CT molecular complexity index is 799. The normalized spacial score (nSPS) is 13.2. The Kier molecular flexibility index (Phi) is 6.89. The van der Waals surface area contributed by atoms with Crippen LogP contribution in [0.25, 0.3) is 0 Å². The first-order valence-electron chi connectivity index (χ1n) is 9.81. The molecule has 1 aliphatic rings. The van der Waals surface area contributed by atoms with Gasteiger partial charge in [0, 0.05) is 30.0 Å². The number of nitrogens with one attached hydrogen (secondary N) is 2. The fraction of sp³-hybridized carbons (Fsp3) is 0.364. The van der Waals surface area contributed by atoms with E-state index in [4.69, 9.17) is 4.74 Å². The third kappa shape index (κ3) is 5.49. The van der Waals surface area contributed by atoms with Crippen molar-refractivity contribution < 1.29 is 14.3 Å². The number of benzene rings is 2. The molecule has 0 spiro atoms. The number of carbonyl (C=O) groups excluding carboxylic acids is 2. The lowest BCUT2D eigenvalue weighted by atomic mass is 10.1. The average molecular weight is 381 g/mol. The van der Waals surface area contributed by atoms with E-state index >= 15 is 0 Å². The molecule has 0 saturated carbocycles. The number of hydrogen-bond donors (Lipinski definition) is 2. The molecule has 0 radical (unpaired) electrons. The van der Waals surface area contributed by atoms with Crippen LogP contribution in [0.3, 0.4) is 0 Å². The summed E-state index contributed by atoms with van der Waals surface area (Å²) in [7, 11) is 0. The predicted molar refractivity (Wildman–Crippen MR) is 111 cm³/mol. The van der Waals surface area contributed by atoms with E-state index in [1.807, 2.05) is 47.4 Å². The van der Waals surface area contributed by atoms with Crippen LogP contribution in [0, 0.1) is 0 Å². The number of nitrogens with zero attached hydrogens (tertiary/aromatic N) is 1. The van der Waals surface area contributed by atoms with E-state index in [1.165, 1.54) is 0 Å². The third-order valence-corrected chi connectivity index (χ3v) is 4.57. The molecule has 0 unspecified atom stereocenters. The molecule has 0 aromatic heterocycles. The maximum atomic E-state index is 12.5. The van der Waals surface area contributed by atoms with Crippen molar-refractivity contribution in [3.8, 4) is 5.75 Å². The molecule has 2 aromatic rings. The summed E-state index contributed by atoms with van der Waals surface area (Å²) in [5.74, 6) is 0.687. The third-order valence-electron chi connectivity index (χ3n) is 4.57. The fourth-order valence-corrected chi connectivity index (χ4v) is 3.11. The Hall–Kier alpha value is -3.02. The van der Waals surface area contributed by atoms with Crippen molar-refractivity contribution in [2.45, 2.75) is 26.2 Å². The Morgan fingerprint density at radius 1 is 1.04 bits per heavy atom. The van der Waals surface area contributed by atoms with Crippen LogP contribution < -0.4 is 15.4 Å². The lowest BCUT2D eigenvalue weighted by Gasteiger charge is -2.16. The quantitative estimate of drug-likeness (QED) is 0.730. The maximum absolute atomic E-state index is 12.5. The second-order valence-corrected chi connectivity index (χ2v) is 6.85. The Labute approximate surface area is 165 Å². The number of rotatable bonds is 8. The van der Waals surface area contributed by atoms with Crippen LogP contribution in [0.1, 0.15) is 36.5 Å². The first kappa shape index (κ1) is 19.7. The molecule has 6 nitrogen and oxygen atoms in total. The minimum Gasteiger partial charge on any atom is -0.494 e. The molecule has 1 fully saturated rings. The average Bonchev–Trinajstić information content (AvgIpc) is 3.26. The summed E-state index contributed by atoms with van der Waals surface area (Å²) in [6, 6.07) is 14.6. The Morgan fingerprint density at radius 2 is 1.79 bits per heavy atom. The van der Waals surface area contributed by atoms with E-state index in [9.17, 15) is 9.59 Å². The summed E-state index contributed by atoms with van der Waals surface area (Å²) in [5.41, 5.74) is 2.12. The SMILES string of the molecule is CCCOc1ccc(NC(=O)CNc2cccc(C(=O)N3CCCC3)c2)cc1. The fourth-order valence-electron chi connectivity index (χ4n) is 3.11. The molecule has 2 N–H and O–H groups in total. The summed E-state index contributed by atoms with van der Waals surface area (Å²) in [4.78, 5) is 26.5. The smallest absolute Gasteiger partial charge is 0.253 e. The van der Waals surface area contributed by atoms with Gasteiger partial charge in [-0.25, -0.2) is 0 Å². The highest BCUT2D eigenvalue weighted by Crippen LogP contribution is 2.17. The monoisotopic (exact) mass is 381 g/mol. The topological polar surface area (TPSA) is 70.7 Å². The van der Waals surface area contributed by atoms with E-state index in [0.29, 0.717) is 17.9 Å². The molecular formula is C22H27N3O3. The summed E-state index contributed by atoms with van der Waals surface area (Å²) in [6.07, 6.45) is 3.08. The zero-order valence-electron chi connectivity index (χ0n) is 16.2. The van der Waals surface area contributed by atoms with Gasteiger partial charge >= 0.3 is 0 Å². The van der Waals surface area contributed by atoms with Gasteiger partial charge in [-0.15, -0.1) is 0 Å². The number of amides is 2. The second kappa shape index (κ2) is 9.78. The van der Waals surface area contributed by atoms with Crippen molar-refractivity contribution in [1.29, 1.82) is 0 Å². The van der Waals surface area contributed by atoms with Crippen LogP contribution in [0.5, 0.6) is 5.75 Å². The number of carbonyl (C=O) groups is 2. The standard InChI is InChI=1S/C22H27N3O3/c1-2-14-28-20-10-8-18(9-11-20)24-21(26)16-23-19-7-5-6-17(15-19)22(27)25-12-3-4-13-25/h5-11,15,23H,2-4,12-14,16H2,1H3,(H,24,26). The van der Waals surface area contributed by atoms with Crippen LogP contribution in [-0.4, -0.2) is 43.0 Å². The van der Waals surface area contributed by atoms with E-state index in [1.54, 1.807) is 6.07 Å². The second-order valence-electron chi connectivity index (χ2n) is 6.85. The van der Waals surface area contributed by atoms with Gasteiger partial charge in [0.25, 0.3) is 5.91 Å². The molecule has 1 saturated heterocycles.